The van der Waals surface area contributed by atoms with Gasteiger partial charge < -0.3 is 9.52 Å². The molecule has 0 amide bonds. The number of pyridine rings is 1. The molecule has 2 heterocycles. The fourth-order valence-corrected chi connectivity index (χ4v) is 2.66. The summed E-state index contributed by atoms with van der Waals surface area (Å²) in [5, 5.41) is 11.9. The van der Waals surface area contributed by atoms with Crippen molar-refractivity contribution in [1.82, 2.24) is 4.98 Å². The fourth-order valence-electron chi connectivity index (χ4n) is 2.02. The highest BCUT2D eigenvalue weighted by molar-refractivity contribution is 9.10. The zero-order valence-corrected chi connectivity index (χ0v) is 12.0. The zero-order chi connectivity index (χ0) is 13.4. The number of hydrogen-bond acceptors (Lipinski definition) is 3. The lowest BCUT2D eigenvalue weighted by atomic mass is 10.0. The standard InChI is InChI=1S/C14H9BrClNO2/c15-10-5-7-19-14(10)13(18)9-3-4-11(16)8-2-1-6-17-12(8)9/h1-7,13,18H. The van der Waals surface area contributed by atoms with Gasteiger partial charge in [0.25, 0.3) is 0 Å². The molecule has 96 valence electrons. The van der Waals surface area contributed by atoms with Crippen molar-refractivity contribution in [3.05, 3.63) is 63.6 Å². The minimum absolute atomic E-state index is 0.453. The largest absolute Gasteiger partial charge is 0.465 e. The Bertz CT molecular complexity index is 741. The van der Waals surface area contributed by atoms with Gasteiger partial charge in [0.05, 0.1) is 16.3 Å². The molecule has 0 saturated heterocycles. The molecule has 1 N–H and O–H groups in total. The number of aromatic nitrogens is 1. The van der Waals surface area contributed by atoms with Crippen molar-refractivity contribution in [2.75, 3.05) is 0 Å². The van der Waals surface area contributed by atoms with Crippen molar-refractivity contribution in [2.24, 2.45) is 0 Å². The number of nitrogens with zero attached hydrogens (tertiary/aromatic N) is 1. The Morgan fingerprint density at radius 1 is 1.26 bits per heavy atom. The first-order chi connectivity index (χ1) is 9.18. The van der Waals surface area contributed by atoms with Crippen LogP contribution in [0.25, 0.3) is 10.9 Å². The minimum atomic E-state index is -0.890. The van der Waals surface area contributed by atoms with Crippen molar-refractivity contribution in [3.63, 3.8) is 0 Å². The van der Waals surface area contributed by atoms with Crippen LogP contribution in [0.3, 0.4) is 0 Å². The van der Waals surface area contributed by atoms with Crippen LogP contribution in [-0.2, 0) is 0 Å². The lowest BCUT2D eigenvalue weighted by molar-refractivity contribution is 0.189. The van der Waals surface area contributed by atoms with Crippen LogP contribution >= 0.6 is 27.5 Å². The second kappa shape index (κ2) is 4.96. The Labute approximate surface area is 123 Å². The molecule has 0 fully saturated rings. The zero-order valence-electron chi connectivity index (χ0n) is 9.68. The van der Waals surface area contributed by atoms with Crippen LogP contribution in [0.1, 0.15) is 17.4 Å². The summed E-state index contributed by atoms with van der Waals surface area (Å²) in [7, 11) is 0. The third kappa shape index (κ3) is 2.16. The van der Waals surface area contributed by atoms with Gasteiger partial charge in [0.1, 0.15) is 6.10 Å². The smallest absolute Gasteiger partial charge is 0.151 e. The summed E-state index contributed by atoms with van der Waals surface area (Å²) in [5.41, 5.74) is 1.33. The topological polar surface area (TPSA) is 46.3 Å². The van der Waals surface area contributed by atoms with Crippen LogP contribution in [0.15, 0.2) is 51.7 Å². The monoisotopic (exact) mass is 337 g/mol. The molecule has 1 unspecified atom stereocenters. The van der Waals surface area contributed by atoms with Crippen molar-refractivity contribution < 1.29 is 9.52 Å². The molecule has 0 spiro atoms. The van der Waals surface area contributed by atoms with Crippen molar-refractivity contribution >= 4 is 38.4 Å². The van der Waals surface area contributed by atoms with E-state index < -0.39 is 6.10 Å². The maximum atomic E-state index is 10.4. The number of fused-ring (bicyclic) bond motifs is 1. The van der Waals surface area contributed by atoms with Crippen molar-refractivity contribution in [1.29, 1.82) is 0 Å². The Kier molecular flexibility index (Phi) is 3.31. The molecule has 0 aliphatic heterocycles. The number of aliphatic hydroxyl groups is 1. The van der Waals surface area contributed by atoms with Crippen LogP contribution < -0.4 is 0 Å². The molecule has 3 rings (SSSR count). The number of halogens is 2. The molecule has 1 aromatic carbocycles. The van der Waals surface area contributed by atoms with Gasteiger partial charge in [-0.3, -0.25) is 4.98 Å². The highest BCUT2D eigenvalue weighted by Gasteiger charge is 2.20. The molecule has 5 heteroatoms. The number of furan rings is 1. The summed E-state index contributed by atoms with van der Waals surface area (Å²) in [6, 6.07) is 8.94. The first-order valence-electron chi connectivity index (χ1n) is 5.62. The molecule has 1 atom stereocenters. The van der Waals surface area contributed by atoms with E-state index in [1.54, 1.807) is 24.4 Å². The highest BCUT2D eigenvalue weighted by Crippen LogP contribution is 2.34. The summed E-state index contributed by atoms with van der Waals surface area (Å²) < 4.78 is 6.02. The SMILES string of the molecule is OC(c1occc1Br)c1ccc(Cl)c2cccnc12. The summed E-state index contributed by atoms with van der Waals surface area (Å²) in [6.45, 7) is 0. The Morgan fingerprint density at radius 3 is 2.84 bits per heavy atom. The van der Waals surface area contributed by atoms with E-state index in [9.17, 15) is 5.11 Å². The fraction of sp³-hybridized carbons (Fsp3) is 0.0714. The van der Waals surface area contributed by atoms with Crippen LogP contribution in [0, 0.1) is 0 Å². The number of aliphatic hydroxyl groups excluding tert-OH is 1. The predicted octanol–water partition coefficient (Wildman–Crippen LogP) is 4.33. The van der Waals surface area contributed by atoms with E-state index in [1.807, 2.05) is 12.1 Å². The quantitative estimate of drug-likeness (QED) is 0.756. The van der Waals surface area contributed by atoms with Gasteiger partial charge in [0.2, 0.25) is 0 Å². The van der Waals surface area contributed by atoms with Gasteiger partial charge in [-0.15, -0.1) is 0 Å². The van der Waals surface area contributed by atoms with E-state index in [2.05, 4.69) is 20.9 Å². The van der Waals surface area contributed by atoms with Gasteiger partial charge in [-0.05, 0) is 40.2 Å². The van der Waals surface area contributed by atoms with Crippen LogP contribution in [0.4, 0.5) is 0 Å². The average Bonchev–Trinajstić information content (AvgIpc) is 2.85. The molecule has 0 aliphatic carbocycles. The van der Waals surface area contributed by atoms with Gasteiger partial charge in [-0.2, -0.15) is 0 Å². The number of hydrogen-bond donors (Lipinski definition) is 1. The van der Waals surface area contributed by atoms with Gasteiger partial charge in [-0.1, -0.05) is 17.7 Å². The van der Waals surface area contributed by atoms with Gasteiger partial charge in [-0.25, -0.2) is 0 Å². The third-order valence-corrected chi connectivity index (χ3v) is 3.92. The Morgan fingerprint density at radius 2 is 2.11 bits per heavy atom. The van der Waals surface area contributed by atoms with E-state index >= 15 is 0 Å². The molecule has 0 bridgehead atoms. The van der Waals surface area contributed by atoms with E-state index in [0.717, 1.165) is 9.86 Å². The normalized spacial score (nSPS) is 12.8. The second-order valence-electron chi connectivity index (χ2n) is 4.07. The summed E-state index contributed by atoms with van der Waals surface area (Å²) in [5.74, 6) is 0.453. The minimum Gasteiger partial charge on any atom is -0.465 e. The van der Waals surface area contributed by atoms with Crippen molar-refractivity contribution in [3.8, 4) is 0 Å². The highest BCUT2D eigenvalue weighted by atomic mass is 79.9. The molecule has 0 radical (unpaired) electrons. The average molecular weight is 339 g/mol. The summed E-state index contributed by atoms with van der Waals surface area (Å²) >= 11 is 9.48. The molecule has 3 nitrogen and oxygen atoms in total. The van der Waals surface area contributed by atoms with E-state index in [1.165, 1.54) is 6.26 Å². The van der Waals surface area contributed by atoms with Crippen molar-refractivity contribution in [2.45, 2.75) is 6.10 Å². The van der Waals surface area contributed by atoms with Crippen LogP contribution in [0.2, 0.25) is 5.02 Å². The molecular weight excluding hydrogens is 330 g/mol. The second-order valence-corrected chi connectivity index (χ2v) is 5.33. The lowest BCUT2D eigenvalue weighted by Gasteiger charge is -2.12. The Hall–Kier alpha value is -1.36. The molecule has 3 aromatic rings. The number of benzene rings is 1. The molecule has 0 saturated carbocycles. The maximum Gasteiger partial charge on any atom is 0.151 e. The summed E-state index contributed by atoms with van der Waals surface area (Å²) in [4.78, 5) is 4.30. The molecule has 2 aromatic heterocycles. The lowest BCUT2D eigenvalue weighted by Crippen LogP contribution is -2.01. The molecule has 19 heavy (non-hydrogen) atoms. The molecule has 0 aliphatic rings. The first-order valence-corrected chi connectivity index (χ1v) is 6.79. The van der Waals surface area contributed by atoms with E-state index in [4.69, 9.17) is 16.0 Å². The van der Waals surface area contributed by atoms with Crippen LogP contribution in [-0.4, -0.2) is 10.1 Å². The van der Waals surface area contributed by atoms with Crippen LogP contribution in [0.5, 0.6) is 0 Å². The number of rotatable bonds is 2. The van der Waals surface area contributed by atoms with Gasteiger partial charge in [0.15, 0.2) is 5.76 Å². The van der Waals surface area contributed by atoms with Gasteiger partial charge >= 0.3 is 0 Å². The van der Waals surface area contributed by atoms with Gasteiger partial charge in [0, 0.05) is 22.2 Å². The first kappa shape index (κ1) is 12.7. The van der Waals surface area contributed by atoms with E-state index in [-0.39, 0.29) is 0 Å². The maximum absolute atomic E-state index is 10.4. The molecular formula is C14H9BrClNO2. The third-order valence-electron chi connectivity index (χ3n) is 2.94. The predicted molar refractivity (Wildman–Crippen MR) is 77.2 cm³/mol. The van der Waals surface area contributed by atoms with E-state index in [0.29, 0.717) is 21.9 Å². The summed E-state index contributed by atoms with van der Waals surface area (Å²) in [6.07, 6.45) is 2.30. The Balaban J connectivity index is 2.21.